The summed E-state index contributed by atoms with van der Waals surface area (Å²) in [6.45, 7) is 0. The van der Waals surface area contributed by atoms with Crippen molar-refractivity contribution < 1.29 is 11.3 Å². The molecule has 1 heterocycles. The maximum absolute atomic E-state index is 8.19. The molecule has 0 spiro atoms. The van der Waals surface area contributed by atoms with Crippen LogP contribution in [0, 0.1) is 0 Å². The van der Waals surface area contributed by atoms with Crippen LogP contribution in [0.5, 0.6) is 0 Å². The van der Waals surface area contributed by atoms with Crippen LogP contribution in [0.4, 0.5) is 11.4 Å². The van der Waals surface area contributed by atoms with Crippen LogP contribution >= 0.6 is 0 Å². The molecule has 0 saturated heterocycles. The van der Waals surface area contributed by atoms with Crippen LogP contribution < -0.4 is 4.90 Å². The van der Waals surface area contributed by atoms with Crippen molar-refractivity contribution in [3.63, 3.8) is 0 Å². The number of anilines is 2. The third-order valence-corrected chi connectivity index (χ3v) is 3.57. The lowest BCUT2D eigenvalue weighted by Crippen LogP contribution is -2.09. The predicted molar refractivity (Wildman–Crippen MR) is 88.2 cm³/mol. The molecular formula is C19H15NO. The van der Waals surface area contributed by atoms with Crippen LogP contribution in [0.15, 0.2) is 77.1 Å². The number of furan rings is 1. The average molecular weight is 278 g/mol. The van der Waals surface area contributed by atoms with E-state index in [0.29, 0.717) is 11.3 Å². The molecule has 0 unspecified atom stereocenters. The molecule has 1 aromatic heterocycles. The number of para-hydroxylation sites is 3. The second-order valence-corrected chi connectivity index (χ2v) is 4.78. The van der Waals surface area contributed by atoms with Crippen molar-refractivity contribution in [3.8, 4) is 0 Å². The van der Waals surface area contributed by atoms with E-state index in [1.807, 2.05) is 42.5 Å². The fourth-order valence-electron chi connectivity index (χ4n) is 2.53. The summed E-state index contributed by atoms with van der Waals surface area (Å²) in [6, 6.07) is 11.7. The lowest BCUT2D eigenvalue weighted by Gasteiger charge is -2.19. The molecule has 0 radical (unpaired) electrons. The van der Waals surface area contributed by atoms with Crippen molar-refractivity contribution in [2.45, 2.75) is 0 Å². The van der Waals surface area contributed by atoms with E-state index in [2.05, 4.69) is 0 Å². The van der Waals surface area contributed by atoms with E-state index >= 15 is 0 Å². The predicted octanol–water partition coefficient (Wildman–Crippen LogP) is 5.35. The largest absolute Gasteiger partial charge is 0.454 e. The summed E-state index contributed by atoms with van der Waals surface area (Å²) in [6.07, 6.45) is 0. The second-order valence-electron chi connectivity index (χ2n) is 4.78. The molecule has 0 N–H and O–H groups in total. The fraction of sp³-hybridized carbons (Fsp3) is 0.0526. The number of hydrogen-bond donors (Lipinski definition) is 0. The molecule has 0 aliphatic heterocycles. The second kappa shape index (κ2) is 4.67. The van der Waals surface area contributed by atoms with Gasteiger partial charge in [0.25, 0.3) is 0 Å². The Labute approximate surface area is 130 Å². The summed E-state index contributed by atoms with van der Waals surface area (Å²) < 4.78 is 45.9. The van der Waals surface area contributed by atoms with Gasteiger partial charge in [-0.15, -0.1) is 0 Å². The minimum Gasteiger partial charge on any atom is -0.454 e. The van der Waals surface area contributed by atoms with Gasteiger partial charge in [-0.1, -0.05) is 48.5 Å². The molecule has 21 heavy (non-hydrogen) atoms. The van der Waals surface area contributed by atoms with Crippen LogP contribution in [0.25, 0.3) is 21.9 Å². The molecule has 0 atom stereocenters. The molecule has 102 valence electrons. The van der Waals surface area contributed by atoms with Crippen LogP contribution in [-0.4, -0.2) is 7.05 Å². The van der Waals surface area contributed by atoms with Gasteiger partial charge in [-0.25, -0.2) is 0 Å². The zero-order valence-corrected chi connectivity index (χ0v) is 11.4. The lowest BCUT2D eigenvalue weighted by molar-refractivity contribution is 0.668. The minimum absolute atomic E-state index is 0.115. The monoisotopic (exact) mass is 278 g/mol. The third-order valence-electron chi connectivity index (χ3n) is 3.57. The van der Waals surface area contributed by atoms with E-state index in [1.54, 1.807) is 11.9 Å². The van der Waals surface area contributed by atoms with Crippen LogP contribution in [0.3, 0.4) is 0 Å². The maximum Gasteiger partial charge on any atom is 0.159 e. The molecule has 0 saturated carbocycles. The molecule has 2 nitrogen and oxygen atoms in total. The van der Waals surface area contributed by atoms with Gasteiger partial charge in [0.05, 0.1) is 12.5 Å². The highest BCUT2D eigenvalue weighted by atomic mass is 16.3. The van der Waals surface area contributed by atoms with Gasteiger partial charge in [0, 0.05) is 23.5 Å². The number of rotatable bonds is 2. The summed E-state index contributed by atoms with van der Waals surface area (Å²) >= 11 is 0. The van der Waals surface area contributed by atoms with Crippen LogP contribution in [0.1, 0.15) is 6.85 Å². The lowest BCUT2D eigenvalue weighted by atomic mass is 10.1. The Kier molecular flexibility index (Phi) is 1.75. The minimum atomic E-state index is -0.404. The highest BCUT2D eigenvalue weighted by Crippen LogP contribution is 2.36. The van der Waals surface area contributed by atoms with E-state index in [1.165, 1.54) is 0 Å². The average Bonchev–Trinajstić information content (AvgIpc) is 3.03. The molecule has 0 aliphatic carbocycles. The highest BCUT2D eigenvalue weighted by Gasteiger charge is 2.13. The standard InChI is InChI=1S/C19H15NO/c1-20(14-8-3-2-4-9-14)17-12-7-11-16-15-10-5-6-13-18(15)21-19(16)17/h2-13H,1H3/i2D,3D,4D,8D,9D. The Morgan fingerprint density at radius 2 is 1.67 bits per heavy atom. The zero-order valence-electron chi connectivity index (χ0n) is 16.4. The Morgan fingerprint density at radius 3 is 2.52 bits per heavy atom. The molecule has 0 bridgehead atoms. The summed E-state index contributed by atoms with van der Waals surface area (Å²) in [5, 5.41) is 1.89. The Balaban J connectivity index is 2.00. The molecular weight excluding hydrogens is 258 g/mol. The molecule has 4 rings (SSSR count). The first kappa shape index (κ1) is 7.89. The SMILES string of the molecule is [2H]c1c([2H])c([2H])c(N(C)c2cccc3c2oc2ccccc23)c([2H])c1[2H]. The molecule has 0 fully saturated rings. The van der Waals surface area contributed by atoms with E-state index in [-0.39, 0.29) is 29.9 Å². The molecule has 3 aromatic carbocycles. The molecule has 4 aromatic rings. The Morgan fingerprint density at radius 1 is 0.905 bits per heavy atom. The summed E-state index contributed by atoms with van der Waals surface area (Å²) in [5.41, 5.74) is 2.11. The van der Waals surface area contributed by atoms with Crippen molar-refractivity contribution in [2.75, 3.05) is 11.9 Å². The van der Waals surface area contributed by atoms with Crippen molar-refractivity contribution in [1.82, 2.24) is 0 Å². The Hall–Kier alpha value is -2.74. The van der Waals surface area contributed by atoms with E-state index in [9.17, 15) is 0 Å². The van der Waals surface area contributed by atoms with Crippen molar-refractivity contribution in [3.05, 3.63) is 72.7 Å². The zero-order chi connectivity index (χ0) is 18.6. The normalized spacial score (nSPS) is 14.4. The maximum atomic E-state index is 8.19. The third kappa shape index (κ3) is 1.88. The van der Waals surface area contributed by atoms with Gasteiger partial charge in [0.15, 0.2) is 5.58 Å². The van der Waals surface area contributed by atoms with Crippen molar-refractivity contribution in [2.24, 2.45) is 0 Å². The topological polar surface area (TPSA) is 16.4 Å². The first-order valence-corrected chi connectivity index (χ1v) is 6.62. The summed E-state index contributed by atoms with van der Waals surface area (Å²) in [4.78, 5) is 1.59. The first-order valence-electron chi connectivity index (χ1n) is 9.12. The van der Waals surface area contributed by atoms with Crippen LogP contribution in [0.2, 0.25) is 0 Å². The number of nitrogens with zero attached hydrogens (tertiary/aromatic N) is 1. The molecule has 0 amide bonds. The molecule has 0 aliphatic rings. The van der Waals surface area contributed by atoms with Gasteiger partial charge in [0.1, 0.15) is 5.58 Å². The van der Waals surface area contributed by atoms with Gasteiger partial charge in [-0.05, 0) is 24.2 Å². The van der Waals surface area contributed by atoms with E-state index < -0.39 is 6.04 Å². The smallest absolute Gasteiger partial charge is 0.159 e. The summed E-state index contributed by atoms with van der Waals surface area (Å²) in [7, 11) is 1.68. The first-order chi connectivity index (χ1) is 12.4. The number of fused-ring (bicyclic) bond motifs is 3. The van der Waals surface area contributed by atoms with Gasteiger partial charge < -0.3 is 9.32 Å². The van der Waals surface area contributed by atoms with Crippen molar-refractivity contribution in [1.29, 1.82) is 0 Å². The van der Waals surface area contributed by atoms with Gasteiger partial charge in [0.2, 0.25) is 0 Å². The number of benzene rings is 3. The van der Waals surface area contributed by atoms with E-state index in [4.69, 9.17) is 11.3 Å². The van der Waals surface area contributed by atoms with E-state index in [0.717, 1.165) is 16.4 Å². The van der Waals surface area contributed by atoms with Gasteiger partial charge >= 0.3 is 0 Å². The Bertz CT molecular complexity index is 1140. The number of hydrogen-bond acceptors (Lipinski definition) is 2. The van der Waals surface area contributed by atoms with Gasteiger partial charge in [-0.3, -0.25) is 0 Å². The van der Waals surface area contributed by atoms with Crippen molar-refractivity contribution >= 4 is 33.3 Å². The quantitative estimate of drug-likeness (QED) is 0.491. The highest BCUT2D eigenvalue weighted by molar-refractivity contribution is 6.09. The molecule has 2 heteroatoms. The van der Waals surface area contributed by atoms with Crippen LogP contribution in [-0.2, 0) is 0 Å². The summed E-state index contributed by atoms with van der Waals surface area (Å²) in [5.74, 6) is 0. The fourth-order valence-corrected chi connectivity index (χ4v) is 2.53. The van der Waals surface area contributed by atoms with Gasteiger partial charge in [-0.2, -0.15) is 0 Å².